The quantitative estimate of drug-likeness (QED) is 0.452. The summed E-state index contributed by atoms with van der Waals surface area (Å²) in [6, 6.07) is 10.6. The van der Waals surface area contributed by atoms with Gasteiger partial charge in [-0.3, -0.25) is 4.40 Å². The number of benzene rings is 1. The van der Waals surface area contributed by atoms with Gasteiger partial charge in [-0.15, -0.1) is 3.89 Å². The minimum Gasteiger partial charge on any atom is -0.291 e. The van der Waals surface area contributed by atoms with E-state index in [4.69, 9.17) is 0 Å². The van der Waals surface area contributed by atoms with E-state index in [-0.39, 0.29) is 24.1 Å². The number of fused-ring (bicyclic) bond motifs is 1. The summed E-state index contributed by atoms with van der Waals surface area (Å²) in [6.45, 7) is 1.69. The first-order valence-electron chi connectivity index (χ1n) is 9.17. The molecule has 3 aromatic heterocycles. The highest BCUT2D eigenvalue weighted by molar-refractivity contribution is 7.92. The van der Waals surface area contributed by atoms with Crippen molar-refractivity contribution in [2.45, 2.75) is 25.7 Å². The summed E-state index contributed by atoms with van der Waals surface area (Å²) in [5.41, 5.74) is 5.33. The molecule has 1 aliphatic carbocycles. The summed E-state index contributed by atoms with van der Waals surface area (Å²) < 4.78 is 30.6. The SMILES string of the molecule is Cc1cc(-c2nn(SF)c(C3CC3)c2-c2ccc3ncc(C#N)n3c2)ccc1F. The predicted molar refractivity (Wildman–Crippen MR) is 107 cm³/mol. The van der Waals surface area contributed by atoms with Gasteiger partial charge >= 0.3 is 0 Å². The van der Waals surface area contributed by atoms with Crippen molar-refractivity contribution in [3.05, 3.63) is 65.5 Å². The van der Waals surface area contributed by atoms with Gasteiger partial charge in [-0.1, -0.05) is 0 Å². The fourth-order valence-corrected chi connectivity index (χ4v) is 4.10. The largest absolute Gasteiger partial charge is 0.291 e. The van der Waals surface area contributed by atoms with Crippen molar-refractivity contribution in [1.29, 1.82) is 5.26 Å². The smallest absolute Gasteiger partial charge is 0.187 e. The molecule has 0 aliphatic heterocycles. The maximum absolute atomic E-state index is 13.8. The molecule has 0 radical (unpaired) electrons. The van der Waals surface area contributed by atoms with Gasteiger partial charge < -0.3 is 0 Å². The highest BCUT2D eigenvalue weighted by atomic mass is 32.2. The number of hydrogen-bond donors (Lipinski definition) is 0. The lowest BCUT2D eigenvalue weighted by atomic mass is 9.97. The van der Waals surface area contributed by atoms with Crippen LogP contribution in [0.5, 0.6) is 0 Å². The molecule has 0 N–H and O–H groups in total. The fourth-order valence-electron chi connectivity index (χ4n) is 3.67. The first-order valence-corrected chi connectivity index (χ1v) is 9.84. The first kappa shape index (κ1) is 17.9. The Balaban J connectivity index is 1.79. The van der Waals surface area contributed by atoms with Crippen LogP contribution >= 0.6 is 12.3 Å². The second kappa shape index (κ2) is 6.71. The molecule has 0 saturated heterocycles. The molecule has 5 nitrogen and oxygen atoms in total. The molecule has 0 atom stereocenters. The van der Waals surface area contributed by atoms with Crippen molar-refractivity contribution < 1.29 is 8.28 Å². The predicted octanol–water partition coefficient (Wildman–Crippen LogP) is 5.44. The Morgan fingerprint density at radius 1 is 1.21 bits per heavy atom. The van der Waals surface area contributed by atoms with E-state index in [1.54, 1.807) is 23.5 Å². The Labute approximate surface area is 170 Å². The van der Waals surface area contributed by atoms with Crippen LogP contribution in [0.15, 0.2) is 42.7 Å². The second-order valence-electron chi connectivity index (χ2n) is 7.19. The van der Waals surface area contributed by atoms with E-state index in [2.05, 4.69) is 16.2 Å². The van der Waals surface area contributed by atoms with E-state index in [9.17, 15) is 13.5 Å². The van der Waals surface area contributed by atoms with E-state index in [1.807, 2.05) is 18.3 Å². The van der Waals surface area contributed by atoms with Gasteiger partial charge in [0.1, 0.15) is 28.9 Å². The summed E-state index contributed by atoms with van der Waals surface area (Å²) in [5.74, 6) is -0.0690. The molecular weight excluding hydrogens is 392 g/mol. The average molecular weight is 407 g/mol. The maximum Gasteiger partial charge on any atom is 0.187 e. The molecule has 5 rings (SSSR count). The first-order chi connectivity index (χ1) is 14.1. The van der Waals surface area contributed by atoms with Crippen molar-refractivity contribution in [1.82, 2.24) is 18.6 Å². The molecular formula is C21H15F2N5S. The Bertz CT molecular complexity index is 1300. The van der Waals surface area contributed by atoms with Crippen LogP contribution in [-0.2, 0) is 0 Å². The molecule has 3 heterocycles. The number of aromatic nitrogens is 4. The van der Waals surface area contributed by atoms with Gasteiger partial charge in [0, 0.05) is 28.8 Å². The van der Waals surface area contributed by atoms with Gasteiger partial charge in [0.25, 0.3) is 0 Å². The lowest BCUT2D eigenvalue weighted by Gasteiger charge is -2.09. The Morgan fingerprint density at radius 2 is 2.00 bits per heavy atom. The second-order valence-corrected chi connectivity index (χ2v) is 7.67. The van der Waals surface area contributed by atoms with Gasteiger partial charge in [0.15, 0.2) is 12.3 Å². The van der Waals surface area contributed by atoms with Crippen molar-refractivity contribution in [3.8, 4) is 28.5 Å². The molecule has 1 aromatic carbocycles. The lowest BCUT2D eigenvalue weighted by molar-refractivity contribution is 0.618. The molecule has 0 unspecified atom stereocenters. The third kappa shape index (κ3) is 2.89. The van der Waals surface area contributed by atoms with Crippen molar-refractivity contribution in [2.75, 3.05) is 0 Å². The number of imidazole rings is 1. The van der Waals surface area contributed by atoms with Crippen LogP contribution in [0.25, 0.3) is 28.0 Å². The molecule has 1 aliphatic rings. The molecule has 4 aromatic rings. The monoisotopic (exact) mass is 407 g/mol. The van der Waals surface area contributed by atoms with Gasteiger partial charge in [-0.2, -0.15) is 14.4 Å². The summed E-state index contributed by atoms with van der Waals surface area (Å²) in [6.07, 6.45) is 5.29. The minimum atomic E-state index is -0.296. The van der Waals surface area contributed by atoms with Crippen LogP contribution in [0.1, 0.15) is 35.7 Å². The van der Waals surface area contributed by atoms with Crippen LogP contribution in [0.2, 0.25) is 0 Å². The van der Waals surface area contributed by atoms with Gasteiger partial charge in [-0.05, 0) is 55.7 Å². The van der Waals surface area contributed by atoms with Crippen molar-refractivity contribution >= 4 is 18.0 Å². The van der Waals surface area contributed by atoms with Crippen LogP contribution in [0, 0.1) is 24.1 Å². The van der Waals surface area contributed by atoms with E-state index in [0.717, 1.165) is 35.2 Å². The van der Waals surface area contributed by atoms with Crippen LogP contribution < -0.4 is 0 Å². The Hall–Kier alpha value is -3.18. The summed E-state index contributed by atoms with van der Waals surface area (Å²) in [5, 5.41) is 13.9. The topological polar surface area (TPSA) is 58.9 Å². The number of halogens is 2. The maximum atomic E-state index is 13.8. The number of hydrogen-bond acceptors (Lipinski definition) is 4. The molecule has 0 bridgehead atoms. The molecule has 0 spiro atoms. The zero-order valence-electron chi connectivity index (χ0n) is 15.4. The highest BCUT2D eigenvalue weighted by Gasteiger charge is 2.34. The van der Waals surface area contributed by atoms with Gasteiger partial charge in [0.05, 0.1) is 11.9 Å². The van der Waals surface area contributed by atoms with Gasteiger partial charge in [-0.25, -0.2) is 9.37 Å². The van der Waals surface area contributed by atoms with Gasteiger partial charge in [0.2, 0.25) is 0 Å². The number of nitrogens with zero attached hydrogens (tertiary/aromatic N) is 5. The minimum absolute atomic E-state index is 0.0684. The van der Waals surface area contributed by atoms with Crippen LogP contribution in [0.4, 0.5) is 8.28 Å². The molecule has 144 valence electrons. The zero-order valence-corrected chi connectivity index (χ0v) is 16.2. The normalized spacial score (nSPS) is 13.7. The van der Waals surface area contributed by atoms with Crippen molar-refractivity contribution in [3.63, 3.8) is 0 Å². The number of aryl methyl sites for hydroxylation is 1. The van der Waals surface area contributed by atoms with E-state index >= 15 is 0 Å². The zero-order chi connectivity index (χ0) is 20.1. The molecule has 1 fully saturated rings. The van der Waals surface area contributed by atoms with E-state index in [1.165, 1.54) is 16.4 Å². The van der Waals surface area contributed by atoms with Crippen LogP contribution in [-0.4, -0.2) is 18.6 Å². The fraction of sp³-hybridized carbons (Fsp3) is 0.190. The van der Waals surface area contributed by atoms with Crippen LogP contribution in [0.3, 0.4) is 0 Å². The number of pyridine rings is 1. The Morgan fingerprint density at radius 3 is 2.69 bits per heavy atom. The van der Waals surface area contributed by atoms with Crippen molar-refractivity contribution in [2.24, 2.45) is 0 Å². The summed E-state index contributed by atoms with van der Waals surface area (Å²) in [4.78, 5) is 4.23. The standard InChI is InChI=1S/C21H15F2N5S/c1-12-8-14(4-6-17(12)22)20-19(21(13-2-3-13)28(26-20)29-23)15-5-7-18-25-10-16(9-24)27(18)11-15/h4-8,10-11,13H,2-3H2,1H3. The third-order valence-corrected chi connectivity index (χ3v) is 5.67. The van der Waals surface area contributed by atoms with E-state index in [0.29, 0.717) is 22.6 Å². The number of nitriles is 1. The third-order valence-electron chi connectivity index (χ3n) is 5.26. The Kier molecular flexibility index (Phi) is 4.14. The average Bonchev–Trinajstić information content (AvgIpc) is 3.37. The molecule has 29 heavy (non-hydrogen) atoms. The highest BCUT2D eigenvalue weighted by Crippen LogP contribution is 2.48. The summed E-state index contributed by atoms with van der Waals surface area (Å²) >= 11 is 0.0684. The summed E-state index contributed by atoms with van der Waals surface area (Å²) in [7, 11) is 0. The molecule has 8 heteroatoms. The molecule has 1 saturated carbocycles. The van der Waals surface area contributed by atoms with E-state index < -0.39 is 0 Å². The molecule has 0 amide bonds. The number of rotatable bonds is 4. The lowest BCUT2D eigenvalue weighted by Crippen LogP contribution is -1.95.